The number of carbonyl (C=O) groups excluding carboxylic acids is 2. The third-order valence-electron chi connectivity index (χ3n) is 8.24. The van der Waals surface area contributed by atoms with Gasteiger partial charge in [0, 0.05) is 59.8 Å². The standard InChI is InChI=1S/C32H40BrClN6O3/c1-31(2,3)43-30(42)38-14-15-40(26(19-38)29(41)36-11-10-32(4,5)39-13-12-35-20-39)28-25-9-8-24(34)17-21(25)6-7-22-16-23(33)18-37-27(22)28/h8-9,12-13,16-18,20,26,28H,6-7,10-11,14-15,19H2,1-5H3,(H,36,41)/t26-,28-/m1/s1. The summed E-state index contributed by atoms with van der Waals surface area (Å²) in [5.41, 5.74) is 3.41. The summed E-state index contributed by atoms with van der Waals surface area (Å²) in [5, 5.41) is 3.87. The first kappa shape index (κ1) is 31.5. The van der Waals surface area contributed by atoms with E-state index in [0.29, 0.717) is 31.1 Å². The molecule has 3 heterocycles. The second-order valence-corrected chi connectivity index (χ2v) is 14.3. The van der Waals surface area contributed by atoms with Crippen LogP contribution in [0.4, 0.5) is 4.79 Å². The second kappa shape index (κ2) is 12.6. The van der Waals surface area contributed by atoms with Gasteiger partial charge in [-0.25, -0.2) is 9.78 Å². The van der Waals surface area contributed by atoms with Crippen molar-refractivity contribution < 1.29 is 14.3 Å². The van der Waals surface area contributed by atoms with Crippen molar-refractivity contribution in [1.82, 2.24) is 29.7 Å². The maximum atomic E-state index is 14.1. The number of fused-ring (bicyclic) bond motifs is 2. The van der Waals surface area contributed by atoms with Crippen LogP contribution < -0.4 is 5.32 Å². The molecule has 3 aromatic rings. The number of nitrogens with zero attached hydrogens (tertiary/aromatic N) is 5. The van der Waals surface area contributed by atoms with Crippen molar-refractivity contribution in [2.45, 2.75) is 77.1 Å². The molecule has 0 bridgehead atoms. The van der Waals surface area contributed by atoms with E-state index in [9.17, 15) is 9.59 Å². The number of ether oxygens (including phenoxy) is 1. The first-order valence-corrected chi connectivity index (χ1v) is 15.9. The lowest BCUT2D eigenvalue weighted by Crippen LogP contribution is -2.61. The lowest BCUT2D eigenvalue weighted by molar-refractivity contribution is -0.129. The van der Waals surface area contributed by atoms with Crippen LogP contribution in [0.25, 0.3) is 0 Å². The Morgan fingerprint density at radius 3 is 2.60 bits per heavy atom. The zero-order valence-corrected chi connectivity index (χ0v) is 27.8. The number of halogens is 2. The monoisotopic (exact) mass is 670 g/mol. The second-order valence-electron chi connectivity index (χ2n) is 12.9. The summed E-state index contributed by atoms with van der Waals surface area (Å²) in [6.45, 7) is 11.4. The molecule has 0 unspecified atom stereocenters. The molecule has 1 saturated heterocycles. The summed E-state index contributed by atoms with van der Waals surface area (Å²) in [4.78, 5) is 40.2. The fraction of sp³-hybridized carbons (Fsp3) is 0.500. The van der Waals surface area contributed by atoms with Crippen molar-refractivity contribution in [2.24, 2.45) is 0 Å². The molecule has 9 nitrogen and oxygen atoms in total. The zero-order chi connectivity index (χ0) is 30.9. The van der Waals surface area contributed by atoms with Crippen LogP contribution >= 0.6 is 27.5 Å². The molecule has 1 aromatic carbocycles. The number of pyridine rings is 1. The average molecular weight is 672 g/mol. The van der Waals surface area contributed by atoms with E-state index in [4.69, 9.17) is 21.3 Å². The van der Waals surface area contributed by atoms with Gasteiger partial charge in [0.25, 0.3) is 0 Å². The Labute approximate surface area is 267 Å². The van der Waals surface area contributed by atoms with Gasteiger partial charge < -0.3 is 19.5 Å². The van der Waals surface area contributed by atoms with E-state index in [1.807, 2.05) is 49.9 Å². The Morgan fingerprint density at radius 1 is 1.12 bits per heavy atom. The number of imidazole rings is 1. The predicted molar refractivity (Wildman–Crippen MR) is 170 cm³/mol. The van der Waals surface area contributed by atoms with E-state index in [2.05, 4.69) is 57.1 Å². The van der Waals surface area contributed by atoms with E-state index >= 15 is 0 Å². The van der Waals surface area contributed by atoms with Crippen LogP contribution in [-0.2, 0) is 27.9 Å². The molecule has 0 saturated carbocycles. The summed E-state index contributed by atoms with van der Waals surface area (Å²) in [6, 6.07) is 7.20. The minimum Gasteiger partial charge on any atom is -0.444 e. The number of nitrogens with one attached hydrogen (secondary N) is 1. The van der Waals surface area contributed by atoms with Gasteiger partial charge >= 0.3 is 6.09 Å². The first-order valence-electron chi connectivity index (χ1n) is 14.7. The third-order valence-corrected chi connectivity index (χ3v) is 8.91. The van der Waals surface area contributed by atoms with Gasteiger partial charge in [-0.2, -0.15) is 0 Å². The van der Waals surface area contributed by atoms with Crippen LogP contribution in [0.15, 0.2) is 53.7 Å². The molecule has 5 rings (SSSR count). The Morgan fingerprint density at radius 2 is 1.88 bits per heavy atom. The molecule has 43 heavy (non-hydrogen) atoms. The number of aryl methyl sites for hydroxylation is 2. The Bertz CT molecular complexity index is 1420. The summed E-state index contributed by atoms with van der Waals surface area (Å²) < 4.78 is 8.67. The molecule has 1 aliphatic heterocycles. The van der Waals surface area contributed by atoms with Crippen molar-refractivity contribution in [3.63, 3.8) is 0 Å². The molecule has 2 aromatic heterocycles. The van der Waals surface area contributed by atoms with Gasteiger partial charge in [0.05, 0.1) is 18.1 Å². The summed E-state index contributed by atoms with van der Waals surface area (Å²) in [5.74, 6) is -0.131. The van der Waals surface area contributed by atoms with Crippen LogP contribution in [0.5, 0.6) is 0 Å². The highest BCUT2D eigenvalue weighted by Gasteiger charge is 2.42. The topological polar surface area (TPSA) is 92.6 Å². The Hall–Kier alpha value is -2.95. The molecule has 2 amide bonds. The average Bonchev–Trinajstić information content (AvgIpc) is 3.44. The molecule has 1 N–H and O–H groups in total. The lowest BCUT2D eigenvalue weighted by Gasteiger charge is -2.44. The normalized spacial score (nSPS) is 19.3. The van der Waals surface area contributed by atoms with Gasteiger partial charge in [-0.05, 0) is 105 Å². The van der Waals surface area contributed by atoms with Crippen molar-refractivity contribution >= 4 is 39.5 Å². The number of rotatable bonds is 6. The zero-order valence-electron chi connectivity index (χ0n) is 25.4. The predicted octanol–water partition coefficient (Wildman–Crippen LogP) is 5.74. The van der Waals surface area contributed by atoms with Crippen LogP contribution in [0.2, 0.25) is 5.02 Å². The third kappa shape index (κ3) is 7.24. The van der Waals surface area contributed by atoms with Crippen LogP contribution in [0.3, 0.4) is 0 Å². The van der Waals surface area contributed by atoms with Gasteiger partial charge in [0.1, 0.15) is 11.6 Å². The van der Waals surface area contributed by atoms with Crippen molar-refractivity contribution in [1.29, 1.82) is 0 Å². The number of hydrogen-bond donors (Lipinski definition) is 1. The fourth-order valence-corrected chi connectivity index (χ4v) is 6.51. The van der Waals surface area contributed by atoms with Gasteiger partial charge in [-0.15, -0.1) is 0 Å². The molecule has 1 fully saturated rings. The molecule has 2 aliphatic rings. The van der Waals surface area contributed by atoms with Gasteiger partial charge in [-0.3, -0.25) is 14.7 Å². The number of hydrogen-bond acceptors (Lipinski definition) is 6. The summed E-state index contributed by atoms with van der Waals surface area (Å²) in [7, 11) is 0. The van der Waals surface area contributed by atoms with Crippen molar-refractivity contribution in [3.8, 4) is 0 Å². The van der Waals surface area contributed by atoms with E-state index in [1.165, 1.54) is 0 Å². The smallest absolute Gasteiger partial charge is 0.410 e. The van der Waals surface area contributed by atoms with Crippen LogP contribution in [0.1, 0.15) is 69.5 Å². The molecule has 0 spiro atoms. The van der Waals surface area contributed by atoms with E-state index in [-0.39, 0.29) is 24.0 Å². The molecule has 230 valence electrons. The molecule has 1 aliphatic carbocycles. The number of carbonyl (C=O) groups is 2. The molecular formula is C32H40BrClN6O3. The van der Waals surface area contributed by atoms with Crippen LogP contribution in [0, 0.1) is 0 Å². The minimum atomic E-state index is -0.638. The highest BCUT2D eigenvalue weighted by Crippen LogP contribution is 2.39. The molecule has 11 heteroatoms. The van der Waals surface area contributed by atoms with Gasteiger partial charge in [0.2, 0.25) is 5.91 Å². The van der Waals surface area contributed by atoms with E-state index in [1.54, 1.807) is 17.4 Å². The summed E-state index contributed by atoms with van der Waals surface area (Å²) >= 11 is 10.0. The number of amides is 2. The maximum Gasteiger partial charge on any atom is 0.410 e. The molecular weight excluding hydrogens is 632 g/mol. The van der Waals surface area contributed by atoms with E-state index in [0.717, 1.165) is 39.7 Å². The maximum absolute atomic E-state index is 14.1. The van der Waals surface area contributed by atoms with Crippen molar-refractivity contribution in [2.75, 3.05) is 26.2 Å². The Balaban J connectivity index is 1.47. The largest absolute Gasteiger partial charge is 0.444 e. The molecule has 0 radical (unpaired) electrons. The highest BCUT2D eigenvalue weighted by atomic mass is 79.9. The minimum absolute atomic E-state index is 0.131. The SMILES string of the molecule is CC(C)(C)OC(=O)N1CCN([C@@H]2c3ccc(Cl)cc3CCc3cc(Br)cnc32)[C@@H](C(=O)NCCC(C)(C)n2ccnc2)C1. The Kier molecular flexibility index (Phi) is 9.20. The van der Waals surface area contributed by atoms with Gasteiger partial charge in [-0.1, -0.05) is 17.7 Å². The highest BCUT2D eigenvalue weighted by molar-refractivity contribution is 9.10. The van der Waals surface area contributed by atoms with Crippen molar-refractivity contribution in [3.05, 3.63) is 81.1 Å². The summed E-state index contributed by atoms with van der Waals surface area (Å²) in [6.07, 6.45) is 9.22. The van der Waals surface area contributed by atoms with E-state index < -0.39 is 17.7 Å². The number of aromatic nitrogens is 3. The number of benzene rings is 1. The first-order chi connectivity index (χ1) is 20.3. The number of piperazine rings is 1. The van der Waals surface area contributed by atoms with Crippen LogP contribution in [-0.4, -0.2) is 74.2 Å². The van der Waals surface area contributed by atoms with Gasteiger partial charge in [0.15, 0.2) is 0 Å². The fourth-order valence-electron chi connectivity index (χ4n) is 5.94. The quantitative estimate of drug-likeness (QED) is 0.359. The lowest BCUT2D eigenvalue weighted by atomic mass is 9.94. The molecule has 2 atom stereocenters.